The number of carbonyl (C=O) groups is 1. The van der Waals surface area contributed by atoms with Crippen LogP contribution in [-0.4, -0.2) is 41.6 Å². The van der Waals surface area contributed by atoms with Crippen molar-refractivity contribution in [3.8, 4) is 0 Å². The lowest BCUT2D eigenvalue weighted by molar-refractivity contribution is -0.0256. The van der Waals surface area contributed by atoms with Crippen molar-refractivity contribution in [2.45, 2.75) is 32.3 Å². The Balaban J connectivity index is 1.51. The van der Waals surface area contributed by atoms with Gasteiger partial charge in [-0.2, -0.15) is 0 Å². The van der Waals surface area contributed by atoms with Gasteiger partial charge in [0.15, 0.2) is 0 Å². The zero-order valence-corrected chi connectivity index (χ0v) is 14.1. The van der Waals surface area contributed by atoms with Crippen LogP contribution in [0.5, 0.6) is 0 Å². The minimum Gasteiger partial charge on any atom is -0.375 e. The van der Waals surface area contributed by atoms with E-state index in [-0.39, 0.29) is 12.0 Å². The highest BCUT2D eigenvalue weighted by Gasteiger charge is 2.25. The molecule has 24 heavy (non-hydrogen) atoms. The number of aryl methyl sites for hydroxylation is 2. The number of carbonyl (C=O) groups excluding carboxylic acids is 1. The van der Waals surface area contributed by atoms with Gasteiger partial charge >= 0.3 is 0 Å². The van der Waals surface area contributed by atoms with E-state index in [4.69, 9.17) is 4.74 Å². The number of hydrogen-bond donors (Lipinski definition) is 0. The van der Waals surface area contributed by atoms with E-state index in [1.165, 1.54) is 5.56 Å². The predicted molar refractivity (Wildman–Crippen MR) is 94.0 cm³/mol. The highest BCUT2D eigenvalue weighted by Crippen LogP contribution is 2.15. The number of benzene rings is 1. The lowest BCUT2D eigenvalue weighted by Gasteiger charge is -2.33. The Labute approximate surface area is 143 Å². The lowest BCUT2D eigenvalue weighted by Crippen LogP contribution is -2.45. The smallest absolute Gasteiger partial charge is 0.272 e. The molecular formula is C20H24N2O2. The molecule has 2 aromatic rings. The Hall–Kier alpha value is -2.20. The summed E-state index contributed by atoms with van der Waals surface area (Å²) < 4.78 is 5.84. The van der Waals surface area contributed by atoms with Crippen LogP contribution in [0, 0.1) is 6.92 Å². The van der Waals surface area contributed by atoms with Crippen LogP contribution in [0.25, 0.3) is 0 Å². The van der Waals surface area contributed by atoms with Crippen molar-refractivity contribution in [2.24, 2.45) is 0 Å². The maximum absolute atomic E-state index is 12.6. The molecule has 0 unspecified atom stereocenters. The van der Waals surface area contributed by atoms with Crippen molar-refractivity contribution >= 4 is 5.91 Å². The van der Waals surface area contributed by atoms with E-state index in [1.807, 2.05) is 30.0 Å². The molecule has 1 aromatic heterocycles. The molecule has 3 rings (SSSR count). The molecule has 1 atom stereocenters. The molecule has 0 aliphatic carbocycles. The molecule has 0 bridgehead atoms. The van der Waals surface area contributed by atoms with Gasteiger partial charge in [-0.25, -0.2) is 4.98 Å². The summed E-state index contributed by atoms with van der Waals surface area (Å²) in [6.45, 7) is 3.81. The van der Waals surface area contributed by atoms with E-state index in [0.29, 0.717) is 25.4 Å². The molecule has 0 N–H and O–H groups in total. The standard InChI is InChI=1S/C20H24N2O2/c1-16-7-5-12-19(21-16)20(23)22-13-14-24-18(15-22)11-6-10-17-8-3-2-4-9-17/h2-5,7-9,12,18H,6,10-11,13-15H2,1H3/t18-/m0/s1. The normalized spacial score (nSPS) is 17.7. The van der Waals surface area contributed by atoms with Crippen molar-refractivity contribution < 1.29 is 9.53 Å². The third-order valence-corrected chi connectivity index (χ3v) is 4.37. The molecule has 1 aliphatic heterocycles. The molecule has 1 saturated heterocycles. The third kappa shape index (κ3) is 4.42. The van der Waals surface area contributed by atoms with Crippen LogP contribution in [0.15, 0.2) is 48.5 Å². The minimum absolute atomic E-state index is 0.00931. The summed E-state index contributed by atoms with van der Waals surface area (Å²) >= 11 is 0. The number of rotatable bonds is 5. The Morgan fingerprint density at radius 1 is 1.21 bits per heavy atom. The van der Waals surface area contributed by atoms with Crippen LogP contribution >= 0.6 is 0 Å². The summed E-state index contributed by atoms with van der Waals surface area (Å²) in [6.07, 6.45) is 3.21. The van der Waals surface area contributed by atoms with Gasteiger partial charge in [-0.1, -0.05) is 36.4 Å². The maximum Gasteiger partial charge on any atom is 0.272 e. The van der Waals surface area contributed by atoms with Gasteiger partial charge in [-0.15, -0.1) is 0 Å². The molecule has 0 saturated carbocycles. The summed E-state index contributed by atoms with van der Waals surface area (Å²) in [5.41, 5.74) is 2.75. The van der Waals surface area contributed by atoms with Gasteiger partial charge in [0.05, 0.1) is 12.7 Å². The summed E-state index contributed by atoms with van der Waals surface area (Å²) in [5, 5.41) is 0. The largest absolute Gasteiger partial charge is 0.375 e. The fourth-order valence-corrected chi connectivity index (χ4v) is 3.08. The number of hydrogen-bond acceptors (Lipinski definition) is 3. The first-order valence-corrected chi connectivity index (χ1v) is 8.61. The second-order valence-corrected chi connectivity index (χ2v) is 6.29. The second-order valence-electron chi connectivity index (χ2n) is 6.29. The molecule has 2 heterocycles. The van der Waals surface area contributed by atoms with Crippen LogP contribution in [0.1, 0.15) is 34.6 Å². The highest BCUT2D eigenvalue weighted by molar-refractivity contribution is 5.92. The zero-order valence-electron chi connectivity index (χ0n) is 14.1. The average Bonchev–Trinajstić information content (AvgIpc) is 2.62. The fourth-order valence-electron chi connectivity index (χ4n) is 3.08. The van der Waals surface area contributed by atoms with Gasteiger partial charge in [-0.05, 0) is 43.9 Å². The second kappa shape index (κ2) is 8.06. The van der Waals surface area contributed by atoms with E-state index >= 15 is 0 Å². The number of aromatic nitrogens is 1. The van der Waals surface area contributed by atoms with Gasteiger partial charge < -0.3 is 9.64 Å². The van der Waals surface area contributed by atoms with Crippen molar-refractivity contribution in [2.75, 3.05) is 19.7 Å². The van der Waals surface area contributed by atoms with Crippen molar-refractivity contribution in [1.82, 2.24) is 9.88 Å². The summed E-state index contributed by atoms with van der Waals surface area (Å²) in [5.74, 6) is 0.00931. The molecule has 1 fully saturated rings. The third-order valence-electron chi connectivity index (χ3n) is 4.37. The first-order chi connectivity index (χ1) is 11.7. The van der Waals surface area contributed by atoms with Crippen molar-refractivity contribution in [1.29, 1.82) is 0 Å². The average molecular weight is 324 g/mol. The predicted octanol–water partition coefficient (Wildman–Crippen LogP) is 3.25. The number of pyridine rings is 1. The molecular weight excluding hydrogens is 300 g/mol. The number of nitrogens with zero attached hydrogens (tertiary/aromatic N) is 2. The molecule has 0 spiro atoms. The van der Waals surface area contributed by atoms with Gasteiger partial charge in [-0.3, -0.25) is 4.79 Å². The Kier molecular flexibility index (Phi) is 5.59. The van der Waals surface area contributed by atoms with Gasteiger partial charge in [0, 0.05) is 18.8 Å². The van der Waals surface area contributed by atoms with Crippen molar-refractivity contribution in [3.05, 3.63) is 65.5 Å². The first-order valence-electron chi connectivity index (χ1n) is 8.61. The van der Waals surface area contributed by atoms with Gasteiger partial charge in [0.2, 0.25) is 0 Å². The van der Waals surface area contributed by atoms with E-state index in [9.17, 15) is 4.79 Å². The summed E-state index contributed by atoms with van der Waals surface area (Å²) in [4.78, 5) is 18.8. The monoisotopic (exact) mass is 324 g/mol. The van der Waals surface area contributed by atoms with Crippen LogP contribution in [0.4, 0.5) is 0 Å². The number of ether oxygens (including phenoxy) is 1. The quantitative estimate of drug-likeness (QED) is 0.848. The van der Waals surface area contributed by atoms with E-state index in [2.05, 4.69) is 29.2 Å². The molecule has 4 heteroatoms. The van der Waals surface area contributed by atoms with Gasteiger partial charge in [0.25, 0.3) is 5.91 Å². The Bertz CT molecular complexity index is 672. The number of amides is 1. The van der Waals surface area contributed by atoms with E-state index in [1.54, 1.807) is 6.07 Å². The maximum atomic E-state index is 12.6. The lowest BCUT2D eigenvalue weighted by atomic mass is 10.0. The van der Waals surface area contributed by atoms with Gasteiger partial charge in [0.1, 0.15) is 5.69 Å². The SMILES string of the molecule is Cc1cccc(C(=O)N2CCO[C@@H](CCCc3ccccc3)C2)n1. The Morgan fingerprint density at radius 2 is 2.04 bits per heavy atom. The van der Waals surface area contributed by atoms with Crippen LogP contribution in [0.3, 0.4) is 0 Å². The summed E-state index contributed by atoms with van der Waals surface area (Å²) in [7, 11) is 0. The zero-order chi connectivity index (χ0) is 16.8. The van der Waals surface area contributed by atoms with E-state index in [0.717, 1.165) is 25.0 Å². The first kappa shape index (κ1) is 16.7. The number of morpholine rings is 1. The van der Waals surface area contributed by atoms with Crippen molar-refractivity contribution in [3.63, 3.8) is 0 Å². The van der Waals surface area contributed by atoms with Crippen LogP contribution < -0.4 is 0 Å². The molecule has 1 amide bonds. The minimum atomic E-state index is 0.00931. The van der Waals surface area contributed by atoms with Crippen LogP contribution in [0.2, 0.25) is 0 Å². The molecule has 1 aliphatic rings. The topological polar surface area (TPSA) is 42.4 Å². The van der Waals surface area contributed by atoms with Crippen LogP contribution in [-0.2, 0) is 11.2 Å². The van der Waals surface area contributed by atoms with E-state index < -0.39 is 0 Å². The fraction of sp³-hybridized carbons (Fsp3) is 0.400. The molecule has 126 valence electrons. The highest BCUT2D eigenvalue weighted by atomic mass is 16.5. The molecule has 0 radical (unpaired) electrons. The Morgan fingerprint density at radius 3 is 2.83 bits per heavy atom. The molecule has 1 aromatic carbocycles. The summed E-state index contributed by atoms with van der Waals surface area (Å²) in [6, 6.07) is 16.1. The molecule has 4 nitrogen and oxygen atoms in total.